The van der Waals surface area contributed by atoms with Crippen LogP contribution in [0.4, 0.5) is 0 Å². The largest absolute Gasteiger partial charge is 1.00 e. The molecule has 0 fully saturated rings. The standard InChI is InChI=1S/C18H28O2.K/c1-2-3-4-5-6-7-8-9-10-11-12-13-14-15-16-17-18(19)20;/h3-10H,2,11-17H2,1H3,(H,19,20);/q;+1/p-1. The summed E-state index contributed by atoms with van der Waals surface area (Å²) in [6.07, 6.45) is 24.1. The van der Waals surface area contributed by atoms with Gasteiger partial charge in [-0.3, -0.25) is 0 Å². The Hall–Kier alpha value is 0.0664. The normalized spacial score (nSPS) is 11.9. The van der Waals surface area contributed by atoms with Crippen molar-refractivity contribution in [1.82, 2.24) is 0 Å². The molecule has 0 aromatic rings. The van der Waals surface area contributed by atoms with Gasteiger partial charge in [-0.2, -0.15) is 0 Å². The quantitative estimate of drug-likeness (QED) is 0.307. The molecule has 0 amide bonds. The van der Waals surface area contributed by atoms with E-state index < -0.39 is 5.97 Å². The van der Waals surface area contributed by atoms with Gasteiger partial charge in [-0.15, -0.1) is 0 Å². The van der Waals surface area contributed by atoms with E-state index in [1.54, 1.807) is 0 Å². The average Bonchev–Trinajstić information content (AvgIpc) is 2.43. The molecule has 112 valence electrons. The van der Waals surface area contributed by atoms with Gasteiger partial charge >= 0.3 is 51.4 Å². The zero-order valence-electron chi connectivity index (χ0n) is 13.6. The Morgan fingerprint density at radius 3 is 1.95 bits per heavy atom. The Balaban J connectivity index is 0. The van der Waals surface area contributed by atoms with Crippen molar-refractivity contribution in [3.63, 3.8) is 0 Å². The Morgan fingerprint density at radius 1 is 0.810 bits per heavy atom. The number of carbonyl (C=O) groups excluding carboxylic acids is 1. The van der Waals surface area contributed by atoms with Crippen LogP contribution in [0.5, 0.6) is 0 Å². The van der Waals surface area contributed by atoms with Crippen LogP contribution >= 0.6 is 0 Å². The van der Waals surface area contributed by atoms with Crippen molar-refractivity contribution in [2.24, 2.45) is 0 Å². The van der Waals surface area contributed by atoms with Crippen LogP contribution in [0.2, 0.25) is 0 Å². The molecule has 0 spiro atoms. The van der Waals surface area contributed by atoms with E-state index in [-0.39, 0.29) is 57.8 Å². The van der Waals surface area contributed by atoms with Crippen molar-refractivity contribution in [3.8, 4) is 0 Å². The van der Waals surface area contributed by atoms with Crippen molar-refractivity contribution in [3.05, 3.63) is 48.6 Å². The molecule has 0 heterocycles. The fourth-order valence-corrected chi connectivity index (χ4v) is 1.71. The summed E-state index contributed by atoms with van der Waals surface area (Å²) in [6, 6.07) is 0. The zero-order valence-corrected chi connectivity index (χ0v) is 16.7. The molecule has 0 saturated carbocycles. The number of carbonyl (C=O) groups is 1. The minimum atomic E-state index is -0.932. The van der Waals surface area contributed by atoms with Crippen LogP contribution in [0.25, 0.3) is 0 Å². The summed E-state index contributed by atoms with van der Waals surface area (Å²) in [5.74, 6) is -0.932. The van der Waals surface area contributed by atoms with Gasteiger partial charge in [0.2, 0.25) is 0 Å². The molecule has 0 aromatic carbocycles. The van der Waals surface area contributed by atoms with Gasteiger partial charge in [0.15, 0.2) is 0 Å². The van der Waals surface area contributed by atoms with Gasteiger partial charge in [-0.1, -0.05) is 74.8 Å². The van der Waals surface area contributed by atoms with Crippen LogP contribution in [-0.4, -0.2) is 5.97 Å². The molecule has 0 aromatic heterocycles. The average molecular weight is 315 g/mol. The predicted octanol–water partition coefficient (Wildman–Crippen LogP) is 1.11. The van der Waals surface area contributed by atoms with Gasteiger partial charge in [-0.25, -0.2) is 0 Å². The van der Waals surface area contributed by atoms with E-state index in [0.717, 1.165) is 32.1 Å². The van der Waals surface area contributed by atoms with E-state index in [1.807, 2.05) is 24.3 Å². The van der Waals surface area contributed by atoms with Crippen LogP contribution in [0.3, 0.4) is 0 Å². The third-order valence-corrected chi connectivity index (χ3v) is 2.82. The van der Waals surface area contributed by atoms with Crippen LogP contribution in [-0.2, 0) is 4.79 Å². The van der Waals surface area contributed by atoms with E-state index in [1.165, 1.54) is 12.8 Å². The second-order valence-corrected chi connectivity index (χ2v) is 4.71. The number of hydrogen-bond acceptors (Lipinski definition) is 2. The predicted molar refractivity (Wildman–Crippen MR) is 84.2 cm³/mol. The van der Waals surface area contributed by atoms with Gasteiger partial charge < -0.3 is 9.90 Å². The van der Waals surface area contributed by atoms with Crippen molar-refractivity contribution < 1.29 is 61.3 Å². The van der Waals surface area contributed by atoms with E-state index in [4.69, 9.17) is 0 Å². The number of hydrogen-bond donors (Lipinski definition) is 0. The molecule has 21 heavy (non-hydrogen) atoms. The van der Waals surface area contributed by atoms with Crippen molar-refractivity contribution in [1.29, 1.82) is 0 Å². The number of unbranched alkanes of at least 4 members (excludes halogenated alkanes) is 5. The Labute approximate surface area is 172 Å². The maximum absolute atomic E-state index is 10.2. The number of rotatable bonds is 12. The Morgan fingerprint density at radius 2 is 1.33 bits per heavy atom. The summed E-state index contributed by atoms with van der Waals surface area (Å²) >= 11 is 0. The first-order valence-electron chi connectivity index (χ1n) is 7.62. The molecule has 0 aliphatic rings. The monoisotopic (exact) mass is 314 g/mol. The molecule has 0 N–H and O–H groups in total. The van der Waals surface area contributed by atoms with Gasteiger partial charge in [0, 0.05) is 5.97 Å². The Kier molecular flexibility index (Phi) is 22.3. The summed E-state index contributed by atoms with van der Waals surface area (Å²) in [4.78, 5) is 10.2. The first-order valence-corrected chi connectivity index (χ1v) is 7.62. The second kappa shape index (κ2) is 20.1. The third-order valence-electron chi connectivity index (χ3n) is 2.82. The minimum Gasteiger partial charge on any atom is -0.550 e. The topological polar surface area (TPSA) is 40.1 Å². The molecule has 0 aliphatic carbocycles. The molecule has 0 aliphatic heterocycles. The summed E-state index contributed by atoms with van der Waals surface area (Å²) in [7, 11) is 0. The van der Waals surface area contributed by atoms with Gasteiger partial charge in [-0.05, 0) is 32.1 Å². The molecule has 2 nitrogen and oxygen atoms in total. The number of allylic oxidation sites excluding steroid dienone is 8. The third kappa shape index (κ3) is 22.5. The number of carboxylic acids is 1. The molecule has 0 radical (unpaired) electrons. The van der Waals surface area contributed by atoms with Gasteiger partial charge in [0.1, 0.15) is 0 Å². The van der Waals surface area contributed by atoms with Crippen LogP contribution in [0, 0.1) is 0 Å². The summed E-state index contributed by atoms with van der Waals surface area (Å²) < 4.78 is 0. The summed E-state index contributed by atoms with van der Waals surface area (Å²) in [6.45, 7) is 2.12. The molecule has 0 saturated heterocycles. The fourth-order valence-electron chi connectivity index (χ4n) is 1.71. The van der Waals surface area contributed by atoms with E-state index in [9.17, 15) is 9.90 Å². The molecular weight excluding hydrogens is 287 g/mol. The molecule has 0 rings (SSSR count). The van der Waals surface area contributed by atoms with Crippen LogP contribution < -0.4 is 56.5 Å². The van der Waals surface area contributed by atoms with Crippen LogP contribution in [0.15, 0.2) is 48.6 Å². The summed E-state index contributed by atoms with van der Waals surface area (Å²) in [5, 5.41) is 10.2. The van der Waals surface area contributed by atoms with Gasteiger partial charge in [0.05, 0.1) is 0 Å². The maximum atomic E-state index is 10.2. The summed E-state index contributed by atoms with van der Waals surface area (Å²) in [5.41, 5.74) is 0. The first kappa shape index (κ1) is 23.3. The molecule has 0 atom stereocenters. The number of carboxylic acid groups (broad SMARTS) is 1. The smallest absolute Gasteiger partial charge is 0.550 e. The van der Waals surface area contributed by atoms with E-state index >= 15 is 0 Å². The second-order valence-electron chi connectivity index (χ2n) is 4.71. The fraction of sp³-hybridized carbons (Fsp3) is 0.500. The maximum Gasteiger partial charge on any atom is 1.00 e. The first-order chi connectivity index (χ1) is 9.77. The molecule has 0 unspecified atom stereocenters. The Bertz CT molecular complexity index is 341. The minimum absolute atomic E-state index is 0. The molecular formula is C18H27KO2. The number of aliphatic carboxylic acids is 1. The van der Waals surface area contributed by atoms with Gasteiger partial charge in [0.25, 0.3) is 0 Å². The van der Waals surface area contributed by atoms with E-state index in [0.29, 0.717) is 0 Å². The molecule has 3 heteroatoms. The van der Waals surface area contributed by atoms with Crippen molar-refractivity contribution in [2.75, 3.05) is 0 Å². The van der Waals surface area contributed by atoms with Crippen molar-refractivity contribution in [2.45, 2.75) is 58.3 Å². The zero-order chi connectivity index (χ0) is 14.9. The van der Waals surface area contributed by atoms with Crippen molar-refractivity contribution >= 4 is 5.97 Å². The van der Waals surface area contributed by atoms with E-state index in [2.05, 4.69) is 31.2 Å². The van der Waals surface area contributed by atoms with Crippen LogP contribution in [0.1, 0.15) is 58.3 Å². The SMILES string of the molecule is CCC=CC=CC=CC=CCCCCCCCC(=O)[O-].[K+]. The molecule has 0 bridgehead atoms.